The number of nitrogens with one attached hydrogen (secondary N) is 1. The van der Waals surface area contributed by atoms with E-state index in [1.165, 1.54) is 11.1 Å². The van der Waals surface area contributed by atoms with Gasteiger partial charge in [0.1, 0.15) is 11.6 Å². The quantitative estimate of drug-likeness (QED) is 0.754. The molecule has 0 radical (unpaired) electrons. The summed E-state index contributed by atoms with van der Waals surface area (Å²) in [7, 11) is 0. The highest BCUT2D eigenvalue weighted by Crippen LogP contribution is 2.20. The lowest BCUT2D eigenvalue weighted by molar-refractivity contribution is 0.483. The van der Waals surface area contributed by atoms with Crippen LogP contribution in [-0.2, 0) is 19.5 Å². The van der Waals surface area contributed by atoms with Crippen molar-refractivity contribution in [3.05, 3.63) is 53.7 Å². The van der Waals surface area contributed by atoms with E-state index in [2.05, 4.69) is 41.9 Å². The van der Waals surface area contributed by atoms with Crippen LogP contribution >= 0.6 is 0 Å². The average Bonchev–Trinajstić information content (AvgIpc) is 3.09. The highest BCUT2D eigenvalue weighted by atomic mass is 16.3. The molecule has 0 saturated carbocycles. The van der Waals surface area contributed by atoms with Crippen molar-refractivity contribution in [2.75, 3.05) is 6.54 Å². The molecule has 0 aliphatic heterocycles. The Kier molecular flexibility index (Phi) is 4.06. The van der Waals surface area contributed by atoms with Crippen molar-refractivity contribution in [3.8, 4) is 0 Å². The lowest BCUT2D eigenvalue weighted by atomic mass is 10.1. The molecule has 0 unspecified atom stereocenters. The maximum Gasteiger partial charge on any atom is 0.121 e. The third kappa shape index (κ3) is 2.72. The zero-order valence-corrected chi connectivity index (χ0v) is 12.6. The summed E-state index contributed by atoms with van der Waals surface area (Å²) in [6, 6.07) is 10.3. The smallest absolute Gasteiger partial charge is 0.121 e. The molecule has 0 saturated heterocycles. The second kappa shape index (κ2) is 6.14. The number of imidazole rings is 1. The number of fused-ring (bicyclic) bond motifs is 1. The maximum atomic E-state index is 5.59. The molecule has 3 aromatic rings. The third-order valence-corrected chi connectivity index (χ3v) is 3.77. The van der Waals surface area contributed by atoms with Crippen molar-refractivity contribution in [2.45, 2.75) is 33.4 Å². The van der Waals surface area contributed by atoms with Gasteiger partial charge in [-0.1, -0.05) is 19.1 Å². The molecular weight excluding hydrogens is 262 g/mol. The largest absolute Gasteiger partial charge is 0.468 e. The predicted molar refractivity (Wildman–Crippen MR) is 84.3 cm³/mol. The third-order valence-electron chi connectivity index (χ3n) is 3.77. The standard InChI is InChI=1S/C17H21N3O/c1-3-18-12-16-13(9-10-21-16)11-17-19-14-7-5-6-8-15(14)20(17)4-2/h5-10,18H,3-4,11-12H2,1-2H3. The topological polar surface area (TPSA) is 43.0 Å². The summed E-state index contributed by atoms with van der Waals surface area (Å²) in [5.41, 5.74) is 3.47. The van der Waals surface area contributed by atoms with Crippen molar-refractivity contribution in [3.63, 3.8) is 0 Å². The Labute approximate surface area is 124 Å². The van der Waals surface area contributed by atoms with E-state index in [1.807, 2.05) is 12.1 Å². The predicted octanol–water partition coefficient (Wildman–Crippen LogP) is 3.35. The van der Waals surface area contributed by atoms with Crippen LogP contribution in [0.15, 0.2) is 41.0 Å². The molecule has 110 valence electrons. The first-order chi connectivity index (χ1) is 10.3. The molecule has 2 heterocycles. The molecule has 0 aliphatic carbocycles. The second-order valence-corrected chi connectivity index (χ2v) is 5.09. The van der Waals surface area contributed by atoms with Crippen molar-refractivity contribution in [1.82, 2.24) is 14.9 Å². The van der Waals surface area contributed by atoms with Crippen LogP contribution in [-0.4, -0.2) is 16.1 Å². The first kappa shape index (κ1) is 13.9. The van der Waals surface area contributed by atoms with E-state index in [0.29, 0.717) is 0 Å². The van der Waals surface area contributed by atoms with Gasteiger partial charge in [-0.25, -0.2) is 4.98 Å². The fourth-order valence-electron chi connectivity index (χ4n) is 2.70. The van der Waals surface area contributed by atoms with E-state index in [-0.39, 0.29) is 0 Å². The number of furan rings is 1. The number of hydrogen-bond donors (Lipinski definition) is 1. The van der Waals surface area contributed by atoms with Gasteiger partial charge in [0, 0.05) is 18.5 Å². The first-order valence-electron chi connectivity index (χ1n) is 7.53. The second-order valence-electron chi connectivity index (χ2n) is 5.09. The van der Waals surface area contributed by atoms with Crippen molar-refractivity contribution < 1.29 is 4.42 Å². The van der Waals surface area contributed by atoms with Crippen molar-refractivity contribution >= 4 is 11.0 Å². The van der Waals surface area contributed by atoms with Crippen LogP contribution in [0.3, 0.4) is 0 Å². The Morgan fingerprint density at radius 2 is 2.05 bits per heavy atom. The van der Waals surface area contributed by atoms with Gasteiger partial charge in [0.15, 0.2) is 0 Å². The number of benzene rings is 1. The van der Waals surface area contributed by atoms with Crippen LogP contribution in [0.1, 0.15) is 31.0 Å². The van der Waals surface area contributed by atoms with Crippen LogP contribution < -0.4 is 5.32 Å². The van der Waals surface area contributed by atoms with Gasteiger partial charge < -0.3 is 14.3 Å². The van der Waals surface area contributed by atoms with Gasteiger partial charge in [-0.2, -0.15) is 0 Å². The Morgan fingerprint density at radius 1 is 1.19 bits per heavy atom. The van der Waals surface area contributed by atoms with E-state index in [0.717, 1.165) is 43.2 Å². The fourth-order valence-corrected chi connectivity index (χ4v) is 2.70. The van der Waals surface area contributed by atoms with Crippen molar-refractivity contribution in [1.29, 1.82) is 0 Å². The molecule has 1 aromatic carbocycles. The molecule has 0 bridgehead atoms. The zero-order chi connectivity index (χ0) is 14.7. The number of rotatable bonds is 6. The Hall–Kier alpha value is -2.07. The van der Waals surface area contributed by atoms with E-state index < -0.39 is 0 Å². The Bertz CT molecular complexity index is 727. The van der Waals surface area contributed by atoms with Crippen LogP contribution in [0.2, 0.25) is 0 Å². The summed E-state index contributed by atoms with van der Waals surface area (Å²) in [6.07, 6.45) is 2.57. The van der Waals surface area contributed by atoms with Crippen LogP contribution in [0.4, 0.5) is 0 Å². The molecule has 3 rings (SSSR count). The van der Waals surface area contributed by atoms with Gasteiger partial charge in [0.25, 0.3) is 0 Å². The van der Waals surface area contributed by atoms with Gasteiger partial charge in [-0.05, 0) is 31.7 Å². The van der Waals surface area contributed by atoms with Crippen LogP contribution in [0, 0.1) is 0 Å². The average molecular weight is 283 g/mol. The zero-order valence-electron chi connectivity index (χ0n) is 12.6. The summed E-state index contributed by atoms with van der Waals surface area (Å²) in [6.45, 7) is 6.89. The minimum Gasteiger partial charge on any atom is -0.468 e. The van der Waals surface area contributed by atoms with Gasteiger partial charge >= 0.3 is 0 Å². The van der Waals surface area contributed by atoms with Gasteiger partial charge in [0.2, 0.25) is 0 Å². The molecule has 21 heavy (non-hydrogen) atoms. The molecule has 0 aliphatic rings. The number of para-hydroxylation sites is 2. The number of aryl methyl sites for hydroxylation is 1. The fraction of sp³-hybridized carbons (Fsp3) is 0.353. The summed E-state index contributed by atoms with van der Waals surface area (Å²) in [4.78, 5) is 4.78. The first-order valence-corrected chi connectivity index (χ1v) is 7.53. The molecule has 2 aromatic heterocycles. The van der Waals surface area contributed by atoms with E-state index in [9.17, 15) is 0 Å². The molecule has 1 N–H and O–H groups in total. The molecular formula is C17H21N3O. The van der Waals surface area contributed by atoms with Gasteiger partial charge in [-0.3, -0.25) is 0 Å². The minimum absolute atomic E-state index is 0.769. The highest BCUT2D eigenvalue weighted by Gasteiger charge is 2.13. The molecule has 0 atom stereocenters. The van der Waals surface area contributed by atoms with Crippen LogP contribution in [0.25, 0.3) is 11.0 Å². The highest BCUT2D eigenvalue weighted by molar-refractivity contribution is 5.76. The van der Waals surface area contributed by atoms with E-state index in [1.54, 1.807) is 6.26 Å². The summed E-state index contributed by atoms with van der Waals surface area (Å²) < 4.78 is 7.86. The maximum absolute atomic E-state index is 5.59. The van der Waals surface area contributed by atoms with E-state index in [4.69, 9.17) is 9.40 Å². The SMILES string of the molecule is CCNCc1occc1Cc1nc2ccccc2n1CC. The summed E-state index contributed by atoms with van der Waals surface area (Å²) in [5.74, 6) is 2.10. The van der Waals surface area contributed by atoms with Gasteiger partial charge in [-0.15, -0.1) is 0 Å². The monoisotopic (exact) mass is 283 g/mol. The minimum atomic E-state index is 0.769. The molecule has 4 nitrogen and oxygen atoms in total. The molecule has 4 heteroatoms. The normalized spacial score (nSPS) is 11.3. The lowest BCUT2D eigenvalue weighted by Gasteiger charge is -2.06. The molecule has 0 amide bonds. The number of hydrogen-bond acceptors (Lipinski definition) is 3. The Balaban J connectivity index is 1.93. The number of nitrogens with zero attached hydrogens (tertiary/aromatic N) is 2. The van der Waals surface area contributed by atoms with Gasteiger partial charge in [0.05, 0.1) is 23.8 Å². The summed E-state index contributed by atoms with van der Waals surface area (Å²) >= 11 is 0. The van der Waals surface area contributed by atoms with Crippen molar-refractivity contribution in [2.24, 2.45) is 0 Å². The molecule has 0 spiro atoms. The Morgan fingerprint density at radius 3 is 2.86 bits per heavy atom. The number of aromatic nitrogens is 2. The van der Waals surface area contributed by atoms with E-state index >= 15 is 0 Å². The molecule has 0 fully saturated rings. The van der Waals surface area contributed by atoms with Crippen LogP contribution in [0.5, 0.6) is 0 Å². The summed E-state index contributed by atoms with van der Waals surface area (Å²) in [5, 5.41) is 3.31. The lowest BCUT2D eigenvalue weighted by Crippen LogP contribution is -2.13.